The number of alkyl halides is 2. The molecule has 0 aliphatic carbocycles. The molecule has 1 aromatic rings. The van der Waals surface area contributed by atoms with Gasteiger partial charge < -0.3 is 4.98 Å². The maximum atomic E-state index is 11.0. The van der Waals surface area contributed by atoms with Gasteiger partial charge in [-0.15, -0.1) is 0 Å². The second kappa shape index (κ2) is 4.11. The molecule has 1 heterocycles. The second-order valence-electron chi connectivity index (χ2n) is 2.08. The Morgan fingerprint density at radius 1 is 1.73 bits per heavy atom. The molecular weight excluding hydrogens is 276 g/mol. The van der Waals surface area contributed by atoms with Crippen LogP contribution in [0.3, 0.4) is 0 Å². The van der Waals surface area contributed by atoms with Crippen molar-refractivity contribution in [3.05, 3.63) is 22.9 Å². The van der Waals surface area contributed by atoms with Crippen molar-refractivity contribution in [1.82, 2.24) is 9.55 Å². The Bertz CT molecular complexity index is 268. The van der Waals surface area contributed by atoms with Gasteiger partial charge in [-0.2, -0.15) is 0 Å². The van der Waals surface area contributed by atoms with Crippen molar-refractivity contribution in [2.75, 3.05) is 5.33 Å². The normalized spacial score (nSPS) is 13.3. The van der Waals surface area contributed by atoms with E-state index in [4.69, 9.17) is 0 Å². The molecule has 0 aromatic carbocycles. The maximum Gasteiger partial charge on any atom is 0.326 e. The highest BCUT2D eigenvalue weighted by Gasteiger charge is 2.06. The van der Waals surface area contributed by atoms with E-state index in [-0.39, 0.29) is 10.6 Å². The predicted molar refractivity (Wildman–Crippen MR) is 51.4 cm³/mol. The largest absolute Gasteiger partial charge is 0.326 e. The van der Waals surface area contributed by atoms with Crippen molar-refractivity contribution in [3.8, 4) is 0 Å². The number of aromatic amines is 1. The lowest BCUT2D eigenvalue weighted by Gasteiger charge is -2.06. The van der Waals surface area contributed by atoms with Gasteiger partial charge >= 0.3 is 5.69 Å². The van der Waals surface area contributed by atoms with Gasteiger partial charge in [0, 0.05) is 17.7 Å². The van der Waals surface area contributed by atoms with E-state index in [9.17, 15) is 4.79 Å². The van der Waals surface area contributed by atoms with E-state index in [1.807, 2.05) is 0 Å². The number of aromatic nitrogens is 2. The van der Waals surface area contributed by atoms with Crippen molar-refractivity contribution in [3.63, 3.8) is 0 Å². The molecule has 62 valence electrons. The van der Waals surface area contributed by atoms with Crippen molar-refractivity contribution >= 4 is 31.9 Å². The molecule has 1 aromatic heterocycles. The summed E-state index contributed by atoms with van der Waals surface area (Å²) < 4.78 is 1.61. The van der Waals surface area contributed by atoms with Gasteiger partial charge in [0.15, 0.2) is 0 Å². The molecule has 1 atom stereocenters. The smallest absolute Gasteiger partial charge is 0.313 e. The minimum absolute atomic E-state index is 0.0761. The van der Waals surface area contributed by atoms with E-state index < -0.39 is 0 Å². The van der Waals surface area contributed by atoms with Crippen molar-refractivity contribution < 1.29 is 0 Å². The van der Waals surface area contributed by atoms with Crippen LogP contribution in [0.15, 0.2) is 17.2 Å². The number of nitrogens with one attached hydrogen (secondary N) is 1. The third kappa shape index (κ3) is 2.20. The number of halogens is 2. The minimum atomic E-state index is -0.0761. The maximum absolute atomic E-state index is 11.0. The van der Waals surface area contributed by atoms with Crippen LogP contribution < -0.4 is 5.69 Å². The second-order valence-corrected chi connectivity index (χ2v) is 3.93. The molecule has 0 amide bonds. The zero-order valence-corrected chi connectivity index (χ0v) is 8.93. The first-order valence-corrected chi connectivity index (χ1v) is 5.25. The van der Waals surface area contributed by atoms with Crippen molar-refractivity contribution in [2.24, 2.45) is 0 Å². The van der Waals surface area contributed by atoms with Gasteiger partial charge in [-0.05, 0) is 6.42 Å². The molecule has 0 saturated carbocycles. The molecular formula is C6H8Br2N2O. The predicted octanol–water partition coefficient (Wildman–Crippen LogP) is 1.85. The van der Waals surface area contributed by atoms with Crippen LogP contribution in [0, 0.1) is 0 Å². The summed E-state index contributed by atoms with van der Waals surface area (Å²) in [4.78, 5) is 13.7. The average molecular weight is 284 g/mol. The molecule has 11 heavy (non-hydrogen) atoms. The average Bonchev–Trinajstić information content (AvgIpc) is 2.36. The summed E-state index contributed by atoms with van der Waals surface area (Å²) in [5.74, 6) is 0. The molecule has 0 saturated heterocycles. The van der Waals surface area contributed by atoms with Crippen LogP contribution >= 0.6 is 31.9 Å². The summed E-state index contributed by atoms with van der Waals surface area (Å²) in [6.45, 7) is 0. The number of imidazole rings is 1. The fourth-order valence-corrected chi connectivity index (χ4v) is 2.38. The van der Waals surface area contributed by atoms with Crippen LogP contribution in [-0.2, 0) is 0 Å². The molecule has 0 radical (unpaired) electrons. The summed E-state index contributed by atoms with van der Waals surface area (Å²) in [6.07, 6.45) is 4.24. The van der Waals surface area contributed by atoms with Gasteiger partial charge in [0.05, 0.1) is 4.95 Å². The summed E-state index contributed by atoms with van der Waals surface area (Å²) in [7, 11) is 0. The molecule has 1 rings (SSSR count). The highest BCUT2D eigenvalue weighted by molar-refractivity contribution is 9.09. The van der Waals surface area contributed by atoms with Crippen LogP contribution in [-0.4, -0.2) is 14.9 Å². The minimum Gasteiger partial charge on any atom is -0.313 e. The Hall–Kier alpha value is -0.0300. The van der Waals surface area contributed by atoms with E-state index in [0.29, 0.717) is 0 Å². The summed E-state index contributed by atoms with van der Waals surface area (Å²) in [5, 5.41) is 0.876. The number of hydrogen-bond acceptors (Lipinski definition) is 1. The summed E-state index contributed by atoms with van der Waals surface area (Å²) >= 11 is 6.69. The van der Waals surface area contributed by atoms with Crippen LogP contribution in [0.5, 0.6) is 0 Å². The Morgan fingerprint density at radius 3 is 2.91 bits per heavy atom. The number of H-pyrrole nitrogens is 1. The first-order chi connectivity index (χ1) is 5.25. The molecule has 0 bridgehead atoms. The van der Waals surface area contributed by atoms with Crippen LogP contribution in [0.1, 0.15) is 11.4 Å². The lowest BCUT2D eigenvalue weighted by Crippen LogP contribution is -2.18. The molecule has 0 fully saturated rings. The number of nitrogens with zero attached hydrogens (tertiary/aromatic N) is 1. The Morgan fingerprint density at radius 2 is 2.45 bits per heavy atom. The summed E-state index contributed by atoms with van der Waals surface area (Å²) in [5.41, 5.74) is -0.0761. The molecule has 5 heteroatoms. The van der Waals surface area contributed by atoms with E-state index in [1.54, 1.807) is 17.0 Å². The number of rotatable bonds is 3. The molecule has 1 unspecified atom stereocenters. The van der Waals surface area contributed by atoms with Crippen LogP contribution in [0.2, 0.25) is 0 Å². The lowest BCUT2D eigenvalue weighted by molar-refractivity contribution is 0.654. The van der Waals surface area contributed by atoms with Gasteiger partial charge in [-0.25, -0.2) is 4.79 Å². The molecule has 1 N–H and O–H groups in total. The fraction of sp³-hybridized carbons (Fsp3) is 0.500. The zero-order chi connectivity index (χ0) is 8.27. The first kappa shape index (κ1) is 9.06. The highest BCUT2D eigenvalue weighted by Crippen LogP contribution is 2.17. The molecule has 0 aliphatic rings. The van der Waals surface area contributed by atoms with Gasteiger partial charge in [-0.1, -0.05) is 31.9 Å². The first-order valence-electron chi connectivity index (χ1n) is 3.21. The van der Waals surface area contributed by atoms with Gasteiger partial charge in [0.2, 0.25) is 0 Å². The van der Waals surface area contributed by atoms with Crippen LogP contribution in [0.25, 0.3) is 0 Å². The third-order valence-electron chi connectivity index (χ3n) is 1.33. The van der Waals surface area contributed by atoms with Crippen molar-refractivity contribution in [2.45, 2.75) is 11.4 Å². The zero-order valence-electron chi connectivity index (χ0n) is 5.76. The Balaban J connectivity index is 2.75. The Kier molecular flexibility index (Phi) is 3.39. The van der Waals surface area contributed by atoms with E-state index in [1.165, 1.54) is 0 Å². The monoisotopic (exact) mass is 282 g/mol. The third-order valence-corrected chi connectivity index (χ3v) is 2.68. The van der Waals surface area contributed by atoms with Crippen LogP contribution in [0.4, 0.5) is 0 Å². The molecule has 0 spiro atoms. The lowest BCUT2D eigenvalue weighted by atomic mass is 10.5. The number of hydrogen-bond donors (Lipinski definition) is 1. The highest BCUT2D eigenvalue weighted by atomic mass is 79.9. The molecule has 0 aliphatic heterocycles. The standard InChI is InChI=1S/C6H8Br2N2O/c7-2-1-5(8)10-4-3-9-6(10)11/h3-5H,1-2H2,(H,9,11). The quantitative estimate of drug-likeness (QED) is 0.845. The topological polar surface area (TPSA) is 37.8 Å². The summed E-state index contributed by atoms with van der Waals surface area (Å²) in [6, 6.07) is 0. The van der Waals surface area contributed by atoms with Gasteiger partial charge in [0.25, 0.3) is 0 Å². The van der Waals surface area contributed by atoms with E-state index in [2.05, 4.69) is 36.8 Å². The van der Waals surface area contributed by atoms with E-state index in [0.717, 1.165) is 11.8 Å². The van der Waals surface area contributed by atoms with Gasteiger partial charge in [0.1, 0.15) is 0 Å². The fourth-order valence-electron chi connectivity index (χ4n) is 0.781. The van der Waals surface area contributed by atoms with E-state index >= 15 is 0 Å². The van der Waals surface area contributed by atoms with Crippen molar-refractivity contribution in [1.29, 1.82) is 0 Å². The molecule has 3 nitrogen and oxygen atoms in total. The SMILES string of the molecule is O=c1[nH]ccn1C(Br)CCBr. The Labute approximate surface area is 81.1 Å². The van der Waals surface area contributed by atoms with Gasteiger partial charge in [-0.3, -0.25) is 4.57 Å².